The maximum Gasteiger partial charge on any atom is 0.322 e. The zero-order chi connectivity index (χ0) is 28.1. The summed E-state index contributed by atoms with van der Waals surface area (Å²) < 4.78 is 93.6. The molecule has 0 aliphatic rings. The molecular weight excluding hydrogens is 659 g/mol. The summed E-state index contributed by atoms with van der Waals surface area (Å²) in [7, 11) is -6.99. The number of carbonyl (C=O) groups excluding carboxylic acids is 1. The fourth-order valence-electron chi connectivity index (χ4n) is 3.01. The molecular formula is C23H22F2IN3O7S2. The first-order valence-electron chi connectivity index (χ1n) is 10.7. The van der Waals surface area contributed by atoms with Crippen LogP contribution in [0.4, 0.5) is 31.5 Å². The van der Waals surface area contributed by atoms with Crippen molar-refractivity contribution in [3.8, 4) is 11.5 Å². The maximum atomic E-state index is 14.7. The zero-order valence-corrected chi connectivity index (χ0v) is 23.7. The second kappa shape index (κ2) is 12.1. The molecule has 0 aromatic heterocycles. The van der Waals surface area contributed by atoms with E-state index in [1.807, 2.05) is 22.6 Å². The predicted molar refractivity (Wildman–Crippen MR) is 148 cm³/mol. The lowest BCUT2D eigenvalue weighted by Gasteiger charge is -2.19. The van der Waals surface area contributed by atoms with Crippen LogP contribution < -0.4 is 19.5 Å². The van der Waals surface area contributed by atoms with Gasteiger partial charge in [0.1, 0.15) is 23.1 Å². The number of methoxy groups -OCH3 is 1. The average molecular weight is 681 g/mol. The van der Waals surface area contributed by atoms with Gasteiger partial charge in [0.2, 0.25) is 20.0 Å². The van der Waals surface area contributed by atoms with Crippen LogP contribution in [0.3, 0.4) is 0 Å². The SMILES string of the molecule is CCS(=O)(=O)Nc1cccc(Oc2cc(F)cc(Nc3ccc(I)cc3F)c2NS(=O)(=O)CC(=O)OC)c1. The smallest absolute Gasteiger partial charge is 0.322 e. The largest absolute Gasteiger partial charge is 0.468 e. The van der Waals surface area contributed by atoms with Gasteiger partial charge < -0.3 is 14.8 Å². The summed E-state index contributed by atoms with van der Waals surface area (Å²) in [6.45, 7) is 1.45. The van der Waals surface area contributed by atoms with E-state index in [-0.39, 0.29) is 40.0 Å². The Kier molecular flexibility index (Phi) is 9.37. The number of ether oxygens (including phenoxy) is 2. The zero-order valence-electron chi connectivity index (χ0n) is 19.9. The summed E-state index contributed by atoms with van der Waals surface area (Å²) in [5.74, 6) is -4.20. The van der Waals surface area contributed by atoms with Crippen molar-refractivity contribution in [3.63, 3.8) is 0 Å². The Morgan fingerprint density at radius 1 is 0.947 bits per heavy atom. The average Bonchev–Trinajstić information content (AvgIpc) is 2.82. The van der Waals surface area contributed by atoms with Gasteiger partial charge in [-0.05, 0) is 65.9 Å². The van der Waals surface area contributed by atoms with Gasteiger partial charge in [0, 0.05) is 15.7 Å². The van der Waals surface area contributed by atoms with Crippen molar-refractivity contribution in [2.24, 2.45) is 0 Å². The number of benzene rings is 3. The summed E-state index contributed by atoms with van der Waals surface area (Å²) in [6, 6.07) is 11.6. The Balaban J connectivity index is 2.09. The van der Waals surface area contributed by atoms with Crippen molar-refractivity contribution < 1.29 is 39.9 Å². The fraction of sp³-hybridized carbons (Fsp3) is 0.174. The molecule has 3 aromatic carbocycles. The van der Waals surface area contributed by atoms with Crippen LogP contribution in [0.1, 0.15) is 6.92 Å². The Bertz CT molecular complexity index is 1570. The predicted octanol–water partition coefficient (Wildman–Crippen LogP) is 4.78. The van der Waals surface area contributed by atoms with Gasteiger partial charge >= 0.3 is 5.97 Å². The Morgan fingerprint density at radius 2 is 1.68 bits per heavy atom. The number of hydrogen-bond donors (Lipinski definition) is 3. The molecule has 0 radical (unpaired) electrons. The first-order chi connectivity index (χ1) is 17.8. The van der Waals surface area contributed by atoms with Crippen molar-refractivity contribution in [3.05, 3.63) is 69.8 Å². The number of esters is 1. The van der Waals surface area contributed by atoms with E-state index in [0.717, 1.165) is 19.2 Å². The highest BCUT2D eigenvalue weighted by Gasteiger charge is 2.23. The van der Waals surface area contributed by atoms with Gasteiger partial charge in [-0.2, -0.15) is 0 Å². The molecule has 0 saturated heterocycles. The second-order valence-corrected chi connectivity index (χ2v) is 12.6. The molecule has 3 aromatic rings. The highest BCUT2D eigenvalue weighted by atomic mass is 127. The standard InChI is InChI=1S/C23H22F2IN3O7S2/c1-3-37(31,32)28-16-5-4-6-17(12-16)36-21-10-14(24)9-20(27-19-8-7-15(26)11-18(19)25)23(21)29-38(33,34)13-22(30)35-2/h4-12,27-29H,3,13H2,1-2H3. The van der Waals surface area contributed by atoms with Gasteiger partial charge in [-0.25, -0.2) is 25.6 Å². The van der Waals surface area contributed by atoms with E-state index in [1.165, 1.54) is 43.3 Å². The lowest BCUT2D eigenvalue weighted by molar-refractivity contribution is -0.137. The van der Waals surface area contributed by atoms with Crippen LogP contribution in [0.25, 0.3) is 0 Å². The molecule has 0 aliphatic carbocycles. The summed E-state index contributed by atoms with van der Waals surface area (Å²) >= 11 is 1.90. The van der Waals surface area contributed by atoms with E-state index in [1.54, 1.807) is 6.07 Å². The third kappa shape index (κ3) is 8.16. The van der Waals surface area contributed by atoms with Crippen LogP contribution >= 0.6 is 22.6 Å². The molecule has 3 N–H and O–H groups in total. The van der Waals surface area contributed by atoms with Gasteiger partial charge in [-0.3, -0.25) is 14.2 Å². The molecule has 0 spiro atoms. The first kappa shape index (κ1) is 29.4. The van der Waals surface area contributed by atoms with Crippen LogP contribution in [-0.2, 0) is 29.6 Å². The van der Waals surface area contributed by atoms with Gasteiger partial charge in [0.05, 0.1) is 29.9 Å². The van der Waals surface area contributed by atoms with Gasteiger partial charge in [-0.15, -0.1) is 0 Å². The summed E-state index contributed by atoms with van der Waals surface area (Å²) in [4.78, 5) is 11.6. The minimum atomic E-state index is -4.39. The summed E-state index contributed by atoms with van der Waals surface area (Å²) in [5, 5.41) is 2.64. The summed E-state index contributed by atoms with van der Waals surface area (Å²) in [5.41, 5.74) is -0.511. The Hall–Kier alpha value is -3.18. The van der Waals surface area contributed by atoms with E-state index in [4.69, 9.17) is 4.74 Å². The molecule has 0 aliphatic heterocycles. The maximum absolute atomic E-state index is 14.7. The lowest BCUT2D eigenvalue weighted by Crippen LogP contribution is -2.24. The van der Waals surface area contributed by atoms with Crippen molar-refractivity contribution >= 4 is 71.4 Å². The topological polar surface area (TPSA) is 140 Å². The molecule has 0 heterocycles. The number of carbonyl (C=O) groups is 1. The van der Waals surface area contributed by atoms with Crippen molar-refractivity contribution in [1.82, 2.24) is 0 Å². The highest BCUT2D eigenvalue weighted by Crippen LogP contribution is 2.40. The van der Waals surface area contributed by atoms with Crippen LogP contribution in [0.2, 0.25) is 0 Å². The molecule has 0 fully saturated rings. The first-order valence-corrected chi connectivity index (χ1v) is 15.1. The Labute approximate surface area is 232 Å². The van der Waals surface area contributed by atoms with Crippen molar-refractivity contribution in [2.75, 3.05) is 33.4 Å². The number of anilines is 4. The Morgan fingerprint density at radius 3 is 2.34 bits per heavy atom. The number of halogens is 3. The molecule has 0 bridgehead atoms. The molecule has 0 unspecified atom stereocenters. The lowest BCUT2D eigenvalue weighted by atomic mass is 10.2. The van der Waals surface area contributed by atoms with Crippen LogP contribution in [0, 0.1) is 15.2 Å². The number of hydrogen-bond acceptors (Lipinski definition) is 8. The van der Waals surface area contributed by atoms with Gasteiger partial charge in [0.25, 0.3) is 0 Å². The van der Waals surface area contributed by atoms with E-state index in [9.17, 15) is 30.4 Å². The highest BCUT2D eigenvalue weighted by molar-refractivity contribution is 14.1. The summed E-state index contributed by atoms with van der Waals surface area (Å²) in [6.07, 6.45) is 0. The second-order valence-electron chi connectivity index (χ2n) is 7.65. The molecule has 15 heteroatoms. The third-order valence-electron chi connectivity index (χ3n) is 4.78. The van der Waals surface area contributed by atoms with Crippen molar-refractivity contribution in [1.29, 1.82) is 0 Å². The minimum absolute atomic E-state index is 0.0201. The molecule has 10 nitrogen and oxygen atoms in total. The molecule has 0 saturated carbocycles. The number of nitrogens with one attached hydrogen (secondary N) is 3. The molecule has 38 heavy (non-hydrogen) atoms. The van der Waals surface area contributed by atoms with Gasteiger partial charge in [-0.1, -0.05) is 6.07 Å². The van der Waals surface area contributed by atoms with Gasteiger partial charge in [0.15, 0.2) is 11.5 Å². The molecule has 0 atom stereocenters. The van der Waals surface area contributed by atoms with Crippen LogP contribution in [-0.4, -0.2) is 41.4 Å². The van der Waals surface area contributed by atoms with Crippen molar-refractivity contribution in [2.45, 2.75) is 6.92 Å². The van der Waals surface area contributed by atoms with E-state index < -0.39 is 43.4 Å². The molecule has 3 rings (SSSR count). The third-order valence-corrected chi connectivity index (χ3v) is 7.88. The number of sulfonamides is 2. The normalized spacial score (nSPS) is 11.5. The minimum Gasteiger partial charge on any atom is -0.468 e. The van der Waals surface area contributed by atoms with E-state index in [2.05, 4.69) is 19.5 Å². The molecule has 204 valence electrons. The molecule has 0 amide bonds. The quantitative estimate of drug-likeness (QED) is 0.194. The van der Waals surface area contributed by atoms with E-state index >= 15 is 0 Å². The monoisotopic (exact) mass is 681 g/mol. The fourth-order valence-corrected chi connectivity index (χ4v) is 5.12. The number of rotatable bonds is 11. The van der Waals surface area contributed by atoms with E-state index in [0.29, 0.717) is 3.57 Å². The van der Waals surface area contributed by atoms with Crippen LogP contribution in [0.5, 0.6) is 11.5 Å². The van der Waals surface area contributed by atoms with Crippen LogP contribution in [0.15, 0.2) is 54.6 Å².